The molecule has 25 heavy (non-hydrogen) atoms. The first-order valence-electron chi connectivity index (χ1n) is 7.75. The molecule has 5 nitrogen and oxygen atoms in total. The van der Waals surface area contributed by atoms with Crippen LogP contribution in [0, 0.1) is 6.92 Å². The van der Waals surface area contributed by atoms with Crippen LogP contribution >= 0.6 is 23.2 Å². The van der Waals surface area contributed by atoms with Crippen molar-refractivity contribution in [1.82, 2.24) is 9.97 Å². The van der Waals surface area contributed by atoms with Gasteiger partial charge in [-0.25, -0.2) is 9.97 Å². The van der Waals surface area contributed by atoms with Crippen LogP contribution in [0.25, 0.3) is 10.9 Å². The van der Waals surface area contributed by atoms with Crippen molar-refractivity contribution >= 4 is 39.8 Å². The second-order valence-corrected chi connectivity index (χ2v) is 6.28. The molecule has 3 aromatic rings. The van der Waals surface area contributed by atoms with Crippen molar-refractivity contribution in [2.75, 3.05) is 18.2 Å². The van der Waals surface area contributed by atoms with Gasteiger partial charge in [0.1, 0.15) is 17.8 Å². The number of ether oxygens (including phenoxy) is 2. The lowest BCUT2D eigenvalue weighted by Gasteiger charge is -2.12. The summed E-state index contributed by atoms with van der Waals surface area (Å²) in [6, 6.07) is 8.91. The Labute approximate surface area is 155 Å². The molecule has 0 aliphatic heterocycles. The Bertz CT molecular complexity index is 903. The number of halogens is 2. The molecule has 7 heteroatoms. The molecule has 0 aliphatic rings. The summed E-state index contributed by atoms with van der Waals surface area (Å²) in [4.78, 5) is 8.54. The van der Waals surface area contributed by atoms with Crippen molar-refractivity contribution in [1.29, 1.82) is 0 Å². The number of fused-ring (bicyclic) bond motifs is 1. The number of aromatic nitrogens is 2. The fourth-order valence-electron chi connectivity index (χ4n) is 2.32. The first-order valence-corrected chi connectivity index (χ1v) is 8.66. The topological polar surface area (TPSA) is 70.3 Å². The number of rotatable bonds is 6. The number of benzene rings is 2. The standard InChI is InChI=1S/C18H17Cl2N3O2/c1-11-7-13-16(9-17(11)24-6-2-5-19)22-10-23-18(13)25-12-3-4-15(21)14(20)8-12/h3-4,7-10H,2,5-6,21H2,1H3. The average molecular weight is 378 g/mol. The molecule has 130 valence electrons. The average Bonchev–Trinajstić information content (AvgIpc) is 2.59. The molecule has 0 unspecified atom stereocenters. The van der Waals surface area contributed by atoms with Crippen LogP contribution in [0.1, 0.15) is 12.0 Å². The molecule has 0 amide bonds. The Morgan fingerprint density at radius 3 is 2.76 bits per heavy atom. The molecule has 1 aromatic heterocycles. The molecule has 0 radical (unpaired) electrons. The van der Waals surface area contributed by atoms with Gasteiger partial charge in [0.15, 0.2) is 0 Å². The number of alkyl halides is 1. The molecule has 0 atom stereocenters. The number of anilines is 1. The van der Waals surface area contributed by atoms with Gasteiger partial charge in [-0.15, -0.1) is 11.6 Å². The van der Waals surface area contributed by atoms with E-state index in [-0.39, 0.29) is 0 Å². The Hall–Kier alpha value is -2.24. The molecule has 0 saturated heterocycles. The first kappa shape index (κ1) is 17.6. The Kier molecular flexibility index (Phi) is 5.46. The Balaban J connectivity index is 1.93. The van der Waals surface area contributed by atoms with Gasteiger partial charge in [0.25, 0.3) is 0 Å². The van der Waals surface area contributed by atoms with Crippen molar-refractivity contribution in [2.24, 2.45) is 0 Å². The largest absolute Gasteiger partial charge is 0.493 e. The second-order valence-electron chi connectivity index (χ2n) is 5.49. The summed E-state index contributed by atoms with van der Waals surface area (Å²) < 4.78 is 11.6. The first-order chi connectivity index (χ1) is 12.1. The summed E-state index contributed by atoms with van der Waals surface area (Å²) in [5.41, 5.74) is 7.92. The van der Waals surface area contributed by atoms with Gasteiger partial charge < -0.3 is 15.2 Å². The molecule has 0 aliphatic carbocycles. The molecule has 2 aromatic carbocycles. The minimum absolute atomic E-state index is 0.432. The summed E-state index contributed by atoms with van der Waals surface area (Å²) >= 11 is 11.7. The number of nitrogens with zero attached hydrogens (tertiary/aromatic N) is 2. The molecule has 0 fully saturated rings. The Morgan fingerprint density at radius 1 is 1.16 bits per heavy atom. The van der Waals surface area contributed by atoms with Gasteiger partial charge in [-0.05, 0) is 37.1 Å². The van der Waals surface area contributed by atoms with Crippen LogP contribution in [-0.4, -0.2) is 22.5 Å². The quantitative estimate of drug-likeness (QED) is 0.372. The third-order valence-electron chi connectivity index (χ3n) is 3.62. The lowest BCUT2D eigenvalue weighted by atomic mass is 10.1. The van der Waals surface area contributed by atoms with Crippen LogP contribution in [0.15, 0.2) is 36.7 Å². The van der Waals surface area contributed by atoms with Gasteiger partial charge in [-0.2, -0.15) is 0 Å². The predicted octanol–water partition coefficient (Wildman–Crippen LogP) is 4.97. The highest BCUT2D eigenvalue weighted by Crippen LogP contribution is 2.33. The second kappa shape index (κ2) is 7.76. The SMILES string of the molecule is Cc1cc2c(Oc3ccc(N)c(Cl)c3)ncnc2cc1OCCCCl. The highest BCUT2D eigenvalue weighted by Gasteiger charge is 2.11. The van der Waals surface area contributed by atoms with Crippen molar-refractivity contribution < 1.29 is 9.47 Å². The van der Waals surface area contributed by atoms with Gasteiger partial charge in [-0.3, -0.25) is 0 Å². The van der Waals surface area contributed by atoms with Crippen LogP contribution in [0.3, 0.4) is 0 Å². The van der Waals surface area contributed by atoms with Crippen molar-refractivity contribution in [3.8, 4) is 17.4 Å². The molecule has 0 spiro atoms. The van der Waals surface area contributed by atoms with Crippen LogP contribution in [-0.2, 0) is 0 Å². The molecule has 2 N–H and O–H groups in total. The fourth-order valence-corrected chi connectivity index (χ4v) is 2.60. The number of nitrogens with two attached hydrogens (primary N) is 1. The monoisotopic (exact) mass is 377 g/mol. The predicted molar refractivity (Wildman–Crippen MR) is 101 cm³/mol. The normalized spacial score (nSPS) is 10.8. The zero-order valence-corrected chi connectivity index (χ0v) is 15.1. The van der Waals surface area contributed by atoms with Crippen LogP contribution in [0.2, 0.25) is 5.02 Å². The number of aryl methyl sites for hydroxylation is 1. The number of hydrogen-bond donors (Lipinski definition) is 1. The van der Waals surface area contributed by atoms with E-state index in [4.69, 9.17) is 38.4 Å². The van der Waals surface area contributed by atoms with Crippen molar-refractivity contribution in [2.45, 2.75) is 13.3 Å². The zero-order valence-electron chi connectivity index (χ0n) is 13.6. The van der Waals surface area contributed by atoms with Gasteiger partial charge in [0.2, 0.25) is 5.88 Å². The zero-order chi connectivity index (χ0) is 17.8. The third-order valence-corrected chi connectivity index (χ3v) is 4.21. The van der Waals surface area contributed by atoms with E-state index < -0.39 is 0 Å². The molecule has 3 rings (SSSR count). The number of nitrogen functional groups attached to an aromatic ring is 1. The number of hydrogen-bond acceptors (Lipinski definition) is 5. The van der Waals surface area contributed by atoms with Crippen LogP contribution in [0.5, 0.6) is 17.4 Å². The maximum absolute atomic E-state index is 6.04. The van der Waals surface area contributed by atoms with E-state index in [9.17, 15) is 0 Å². The van der Waals surface area contributed by atoms with E-state index in [1.54, 1.807) is 18.2 Å². The van der Waals surface area contributed by atoms with Gasteiger partial charge in [0, 0.05) is 18.0 Å². The molecular formula is C18H17Cl2N3O2. The molecule has 0 bridgehead atoms. The smallest absolute Gasteiger partial charge is 0.230 e. The van der Waals surface area contributed by atoms with E-state index >= 15 is 0 Å². The lowest BCUT2D eigenvalue weighted by Crippen LogP contribution is -2.00. The van der Waals surface area contributed by atoms with Gasteiger partial charge in [0.05, 0.1) is 28.2 Å². The van der Waals surface area contributed by atoms with Crippen molar-refractivity contribution in [3.05, 3.63) is 47.2 Å². The maximum atomic E-state index is 6.04. The van der Waals surface area contributed by atoms with E-state index in [1.807, 2.05) is 19.1 Å². The highest BCUT2D eigenvalue weighted by atomic mass is 35.5. The summed E-state index contributed by atoms with van der Waals surface area (Å²) in [7, 11) is 0. The van der Waals surface area contributed by atoms with Crippen LogP contribution in [0.4, 0.5) is 5.69 Å². The van der Waals surface area contributed by atoms with E-state index in [2.05, 4.69) is 9.97 Å². The summed E-state index contributed by atoms with van der Waals surface area (Å²) in [6.45, 7) is 2.53. The summed E-state index contributed by atoms with van der Waals surface area (Å²) in [5, 5.41) is 1.22. The maximum Gasteiger partial charge on any atom is 0.230 e. The van der Waals surface area contributed by atoms with E-state index in [0.29, 0.717) is 34.8 Å². The molecule has 0 saturated carbocycles. The summed E-state index contributed by atoms with van der Waals surface area (Å²) in [5.74, 6) is 2.34. The van der Waals surface area contributed by atoms with Gasteiger partial charge in [-0.1, -0.05) is 11.6 Å². The third kappa shape index (κ3) is 4.06. The summed E-state index contributed by atoms with van der Waals surface area (Å²) in [6.07, 6.45) is 2.24. The Morgan fingerprint density at radius 2 is 2.00 bits per heavy atom. The molecular weight excluding hydrogens is 361 g/mol. The minimum atomic E-state index is 0.432. The van der Waals surface area contributed by atoms with Crippen molar-refractivity contribution in [3.63, 3.8) is 0 Å². The van der Waals surface area contributed by atoms with Crippen LogP contribution < -0.4 is 15.2 Å². The highest BCUT2D eigenvalue weighted by molar-refractivity contribution is 6.33. The minimum Gasteiger partial charge on any atom is -0.493 e. The molecule has 1 heterocycles. The van der Waals surface area contributed by atoms with E-state index in [1.165, 1.54) is 6.33 Å². The van der Waals surface area contributed by atoms with E-state index in [0.717, 1.165) is 28.6 Å². The lowest BCUT2D eigenvalue weighted by molar-refractivity contribution is 0.316. The fraction of sp³-hybridized carbons (Fsp3) is 0.222. The van der Waals surface area contributed by atoms with Gasteiger partial charge >= 0.3 is 0 Å².